The Bertz CT molecular complexity index is 788. The molecule has 0 aromatic heterocycles. The van der Waals surface area contributed by atoms with E-state index in [1.54, 1.807) is 0 Å². The fraction of sp³-hybridized carbons (Fsp3) is 0.857. The Morgan fingerprint density at radius 3 is 1.54 bits per heavy atom. The maximum Gasteiger partial charge on any atom is 0.232 e. The first-order valence-electron chi connectivity index (χ1n) is 20.5. The summed E-state index contributed by atoms with van der Waals surface area (Å²) in [6, 6.07) is 0.350. The monoisotopic (exact) mass is 643 g/mol. The van der Waals surface area contributed by atoms with Crippen LogP contribution in [-0.2, 0) is 4.79 Å². The first-order valence-corrected chi connectivity index (χ1v) is 20.5. The van der Waals surface area contributed by atoms with Gasteiger partial charge in [0.25, 0.3) is 0 Å². The van der Waals surface area contributed by atoms with E-state index in [1.165, 1.54) is 154 Å². The standard InChI is InChI=1S/C42H79N3O/c1-5-8-10-12-14-16-18-20-22-24-26-28-30-32-34-36-41(46)44-42(4,7-3)40(45-38-37-43-39-45)35-33-31-29-27-25-23-21-19-17-15-13-11-9-6-2/h20-23,39-40H,5-19,24-38H2,1-4H3,(H,44,46)/p+1/b22-20-,23-21-. The SMILES string of the molecule is CCCCCCCC/C=C\CCCCCCCC(=O)NC(C)(CC)C(CCCCCC/C=C\CCCCCCCC)[N+]1=CNCC1. The maximum atomic E-state index is 13.1. The van der Waals surface area contributed by atoms with Gasteiger partial charge in [-0.05, 0) is 84.0 Å². The lowest BCUT2D eigenvalue weighted by molar-refractivity contribution is -0.565. The fourth-order valence-electron chi connectivity index (χ4n) is 6.91. The largest absolute Gasteiger partial charge is 0.347 e. The van der Waals surface area contributed by atoms with Crippen LogP contribution in [0.2, 0.25) is 0 Å². The smallest absolute Gasteiger partial charge is 0.232 e. The highest BCUT2D eigenvalue weighted by molar-refractivity contribution is 5.76. The third kappa shape index (κ3) is 22.9. The van der Waals surface area contributed by atoms with Crippen molar-refractivity contribution in [3.05, 3.63) is 24.3 Å². The van der Waals surface area contributed by atoms with Crippen molar-refractivity contribution in [2.75, 3.05) is 13.1 Å². The van der Waals surface area contributed by atoms with Gasteiger partial charge in [0.1, 0.15) is 19.1 Å². The molecule has 2 atom stereocenters. The zero-order chi connectivity index (χ0) is 33.4. The summed E-state index contributed by atoms with van der Waals surface area (Å²) in [6.07, 6.45) is 47.2. The lowest BCUT2D eigenvalue weighted by Gasteiger charge is -2.37. The minimum Gasteiger partial charge on any atom is -0.347 e. The molecule has 1 aliphatic rings. The van der Waals surface area contributed by atoms with E-state index in [0.29, 0.717) is 12.5 Å². The van der Waals surface area contributed by atoms with Crippen LogP contribution < -0.4 is 10.6 Å². The van der Waals surface area contributed by atoms with Crippen molar-refractivity contribution in [3.63, 3.8) is 0 Å². The summed E-state index contributed by atoms with van der Waals surface area (Å²) in [5.74, 6) is 0.242. The first kappa shape index (κ1) is 42.4. The van der Waals surface area contributed by atoms with E-state index in [4.69, 9.17) is 0 Å². The lowest BCUT2D eigenvalue weighted by atomic mass is 9.84. The molecule has 1 amide bonds. The molecule has 4 nitrogen and oxygen atoms in total. The van der Waals surface area contributed by atoms with Crippen LogP contribution in [0.1, 0.15) is 207 Å². The van der Waals surface area contributed by atoms with E-state index in [-0.39, 0.29) is 11.4 Å². The average Bonchev–Trinajstić information content (AvgIpc) is 3.59. The second-order valence-corrected chi connectivity index (χ2v) is 14.5. The number of nitrogens with zero attached hydrogens (tertiary/aromatic N) is 1. The highest BCUT2D eigenvalue weighted by atomic mass is 16.1. The van der Waals surface area contributed by atoms with Crippen molar-refractivity contribution >= 4 is 12.2 Å². The van der Waals surface area contributed by atoms with Crippen LogP contribution >= 0.6 is 0 Å². The summed E-state index contributed by atoms with van der Waals surface area (Å²) in [5, 5.41) is 6.94. The summed E-state index contributed by atoms with van der Waals surface area (Å²) in [4.78, 5) is 13.1. The molecule has 1 rings (SSSR count). The lowest BCUT2D eigenvalue weighted by Crippen LogP contribution is -2.58. The third-order valence-electron chi connectivity index (χ3n) is 10.2. The van der Waals surface area contributed by atoms with Gasteiger partial charge in [-0.15, -0.1) is 0 Å². The number of rotatable bonds is 33. The molecule has 2 N–H and O–H groups in total. The van der Waals surface area contributed by atoms with Crippen LogP contribution in [0, 0.1) is 0 Å². The molecular weight excluding hydrogens is 562 g/mol. The van der Waals surface area contributed by atoms with Gasteiger partial charge in [-0.25, -0.2) is 0 Å². The number of nitrogens with one attached hydrogen (secondary N) is 2. The van der Waals surface area contributed by atoms with Crippen LogP contribution in [0.5, 0.6) is 0 Å². The van der Waals surface area contributed by atoms with Gasteiger partial charge in [0, 0.05) is 6.42 Å². The summed E-state index contributed by atoms with van der Waals surface area (Å²) in [7, 11) is 0. The molecule has 0 saturated carbocycles. The van der Waals surface area contributed by atoms with Gasteiger partial charge in [-0.3, -0.25) is 14.7 Å². The van der Waals surface area contributed by atoms with Gasteiger partial charge in [-0.1, -0.05) is 141 Å². The molecule has 1 heterocycles. The fourth-order valence-corrected chi connectivity index (χ4v) is 6.91. The second-order valence-electron chi connectivity index (χ2n) is 14.5. The van der Waals surface area contributed by atoms with Crippen LogP contribution in [0.3, 0.4) is 0 Å². The van der Waals surface area contributed by atoms with E-state index in [9.17, 15) is 4.79 Å². The maximum absolute atomic E-state index is 13.1. The normalized spacial score (nSPS) is 15.3. The Kier molecular flexibility index (Phi) is 28.4. The predicted octanol–water partition coefficient (Wildman–Crippen LogP) is 12.0. The molecule has 4 heteroatoms. The van der Waals surface area contributed by atoms with E-state index in [1.807, 2.05) is 0 Å². The molecule has 2 unspecified atom stereocenters. The van der Waals surface area contributed by atoms with Crippen molar-refractivity contribution in [3.8, 4) is 0 Å². The summed E-state index contributed by atoms with van der Waals surface area (Å²) in [5.41, 5.74) is -0.194. The van der Waals surface area contributed by atoms with Crippen molar-refractivity contribution in [1.29, 1.82) is 0 Å². The Labute approximate surface area is 288 Å². The summed E-state index contributed by atoms with van der Waals surface area (Å²) in [6.45, 7) is 11.1. The Hall–Kier alpha value is -1.58. The topological polar surface area (TPSA) is 44.1 Å². The van der Waals surface area contributed by atoms with Crippen molar-refractivity contribution in [1.82, 2.24) is 10.6 Å². The third-order valence-corrected chi connectivity index (χ3v) is 10.2. The van der Waals surface area contributed by atoms with Crippen molar-refractivity contribution in [2.45, 2.75) is 219 Å². The molecule has 0 radical (unpaired) electrons. The number of unbranched alkanes of at least 4 members (excludes halogenated alkanes) is 21. The minimum atomic E-state index is -0.194. The highest BCUT2D eigenvalue weighted by Gasteiger charge is 2.39. The molecule has 0 aromatic rings. The van der Waals surface area contributed by atoms with Crippen LogP contribution in [0.25, 0.3) is 0 Å². The molecule has 0 aliphatic carbocycles. The first-order chi connectivity index (χ1) is 22.6. The molecule has 0 spiro atoms. The number of hydrogen-bond donors (Lipinski definition) is 2. The van der Waals surface area contributed by atoms with Gasteiger partial charge < -0.3 is 5.32 Å². The van der Waals surface area contributed by atoms with E-state index >= 15 is 0 Å². The number of amides is 1. The molecular formula is C42H80N3O+. The van der Waals surface area contributed by atoms with Gasteiger partial charge in [0.05, 0.1) is 5.54 Å². The van der Waals surface area contributed by atoms with E-state index in [0.717, 1.165) is 32.4 Å². The number of allylic oxidation sites excluding steroid dienone is 4. The zero-order valence-electron chi connectivity index (χ0n) is 31.5. The van der Waals surface area contributed by atoms with Crippen molar-refractivity contribution in [2.24, 2.45) is 0 Å². The van der Waals surface area contributed by atoms with Gasteiger partial charge >= 0.3 is 0 Å². The molecule has 0 saturated heterocycles. The van der Waals surface area contributed by atoms with E-state index in [2.05, 4.69) is 73.5 Å². The summed E-state index contributed by atoms with van der Waals surface area (Å²) < 4.78 is 2.47. The number of carbonyl (C=O) groups excluding carboxylic acids is 1. The predicted molar refractivity (Wildman–Crippen MR) is 204 cm³/mol. The van der Waals surface area contributed by atoms with Gasteiger partial charge in [0.2, 0.25) is 12.2 Å². The quantitative estimate of drug-likeness (QED) is 0.0425. The minimum absolute atomic E-state index is 0.194. The Morgan fingerprint density at radius 1 is 0.674 bits per heavy atom. The van der Waals surface area contributed by atoms with Gasteiger partial charge in [-0.2, -0.15) is 0 Å². The Balaban J connectivity index is 2.23. The zero-order valence-corrected chi connectivity index (χ0v) is 31.5. The number of hydrogen-bond acceptors (Lipinski definition) is 2. The van der Waals surface area contributed by atoms with Crippen LogP contribution in [0.4, 0.5) is 0 Å². The molecule has 0 bridgehead atoms. The average molecular weight is 643 g/mol. The van der Waals surface area contributed by atoms with Crippen molar-refractivity contribution < 1.29 is 9.37 Å². The Morgan fingerprint density at radius 2 is 1.11 bits per heavy atom. The number of carbonyl (C=O) groups is 1. The molecule has 268 valence electrons. The van der Waals surface area contributed by atoms with E-state index < -0.39 is 0 Å². The van der Waals surface area contributed by atoms with Crippen LogP contribution in [0.15, 0.2) is 24.3 Å². The molecule has 46 heavy (non-hydrogen) atoms. The summed E-state index contributed by atoms with van der Waals surface area (Å²) >= 11 is 0. The molecule has 0 fully saturated rings. The second kappa shape index (κ2) is 30.7. The highest BCUT2D eigenvalue weighted by Crippen LogP contribution is 2.24. The molecule has 0 aromatic carbocycles. The van der Waals surface area contributed by atoms with Gasteiger partial charge in [0.15, 0.2) is 0 Å². The molecule has 1 aliphatic heterocycles. The van der Waals surface area contributed by atoms with Crippen LogP contribution in [-0.4, -0.2) is 41.5 Å².